The van der Waals surface area contributed by atoms with E-state index in [0.717, 1.165) is 59.6 Å². The Morgan fingerprint density at radius 3 is 1.63 bits per heavy atom. The molecule has 0 unspecified atom stereocenters. The van der Waals surface area contributed by atoms with Crippen LogP contribution in [0.2, 0.25) is 0 Å². The van der Waals surface area contributed by atoms with Crippen molar-refractivity contribution in [3.05, 3.63) is 51.4 Å². The summed E-state index contributed by atoms with van der Waals surface area (Å²) in [4.78, 5) is 36.8. The highest BCUT2D eigenvalue weighted by Crippen LogP contribution is 2.40. The second-order valence-corrected chi connectivity index (χ2v) is 10.3. The predicted molar refractivity (Wildman–Crippen MR) is 129 cm³/mol. The van der Waals surface area contributed by atoms with E-state index in [2.05, 4.69) is 52.9 Å². The zero-order chi connectivity index (χ0) is 21.4. The van der Waals surface area contributed by atoms with Crippen LogP contribution in [0.25, 0.3) is 32.9 Å². The highest BCUT2D eigenvalue weighted by Gasteiger charge is 2.18. The van der Waals surface area contributed by atoms with Gasteiger partial charge in [0.15, 0.2) is 26.4 Å². The molecule has 150 valence electrons. The van der Waals surface area contributed by atoms with E-state index in [1.807, 2.05) is 36.4 Å². The van der Waals surface area contributed by atoms with E-state index in [4.69, 9.17) is 0 Å². The Hall–Kier alpha value is -1.81. The summed E-state index contributed by atoms with van der Waals surface area (Å²) in [6, 6.07) is 14.0. The average Bonchev–Trinajstić information content (AvgIpc) is 2.66. The summed E-state index contributed by atoms with van der Waals surface area (Å²) in [5.41, 5.74) is 0.823. The first-order chi connectivity index (χ1) is 14.3. The molecule has 0 aliphatic heterocycles. The number of carbonyl (C=O) groups excluding carboxylic acids is 2. The molecule has 0 amide bonds. The molecule has 1 heterocycles. The van der Waals surface area contributed by atoms with Crippen LogP contribution in [-0.2, 0) is 9.59 Å². The zero-order valence-electron chi connectivity index (χ0n) is 15.8. The second-order valence-electron chi connectivity index (χ2n) is 6.33. The third kappa shape index (κ3) is 4.30. The second kappa shape index (κ2) is 8.74. The van der Waals surface area contributed by atoms with Gasteiger partial charge in [0, 0.05) is 28.4 Å². The van der Waals surface area contributed by atoms with Gasteiger partial charge in [-0.15, -0.1) is 0 Å². The van der Waals surface area contributed by atoms with Gasteiger partial charge in [-0.2, -0.15) is 4.98 Å². The van der Waals surface area contributed by atoms with Gasteiger partial charge in [0.25, 0.3) is 0 Å². The van der Waals surface area contributed by atoms with Crippen molar-refractivity contribution in [1.82, 2.24) is 15.0 Å². The van der Waals surface area contributed by atoms with E-state index in [9.17, 15) is 9.59 Å². The fraction of sp³-hybridized carbons (Fsp3) is 0.0952. The minimum atomic E-state index is -0.140. The largest absolute Gasteiger partial charge is 0.287 e. The minimum absolute atomic E-state index is 0.140. The molecular formula is C21H13Br2N3O2S2. The number of hydrogen-bond donors (Lipinski definition) is 0. The SMILES string of the molecule is CC(=O)Sc1nc(SC(C)=O)nc(-c2c3cccc(Br)c3cc3c(Br)cccc23)n1. The Balaban J connectivity index is 2.11. The van der Waals surface area contributed by atoms with Crippen molar-refractivity contribution >= 4 is 87.2 Å². The van der Waals surface area contributed by atoms with E-state index in [0.29, 0.717) is 5.82 Å². The number of carbonyl (C=O) groups is 2. The van der Waals surface area contributed by atoms with Gasteiger partial charge in [0.2, 0.25) is 0 Å². The van der Waals surface area contributed by atoms with Gasteiger partial charge >= 0.3 is 0 Å². The van der Waals surface area contributed by atoms with Crippen LogP contribution in [0.15, 0.2) is 61.7 Å². The molecule has 9 heteroatoms. The first kappa shape index (κ1) is 21.4. The molecule has 0 aliphatic carbocycles. The van der Waals surface area contributed by atoms with Crippen LogP contribution in [0, 0.1) is 0 Å². The lowest BCUT2D eigenvalue weighted by Crippen LogP contribution is -2.01. The van der Waals surface area contributed by atoms with Crippen molar-refractivity contribution in [1.29, 1.82) is 0 Å². The predicted octanol–water partition coefficient (Wildman–Crippen LogP) is 6.65. The van der Waals surface area contributed by atoms with Crippen LogP contribution in [-0.4, -0.2) is 25.2 Å². The Morgan fingerprint density at radius 1 is 0.733 bits per heavy atom. The molecule has 1 aromatic heterocycles. The summed E-state index contributed by atoms with van der Waals surface area (Å²) in [5.74, 6) is 0.421. The van der Waals surface area contributed by atoms with Crippen molar-refractivity contribution in [2.24, 2.45) is 0 Å². The normalized spacial score (nSPS) is 11.2. The van der Waals surface area contributed by atoms with E-state index in [-0.39, 0.29) is 20.5 Å². The quantitative estimate of drug-likeness (QED) is 0.204. The summed E-state index contributed by atoms with van der Waals surface area (Å²) in [5, 5.41) is 4.19. The first-order valence-electron chi connectivity index (χ1n) is 8.76. The lowest BCUT2D eigenvalue weighted by molar-refractivity contribution is -0.109. The minimum Gasteiger partial charge on any atom is -0.287 e. The monoisotopic (exact) mass is 561 g/mol. The molecule has 0 spiro atoms. The maximum absolute atomic E-state index is 11.7. The maximum atomic E-state index is 11.7. The van der Waals surface area contributed by atoms with Gasteiger partial charge in [-0.05, 0) is 63.3 Å². The number of nitrogens with zero attached hydrogens (tertiary/aromatic N) is 3. The lowest BCUT2D eigenvalue weighted by Gasteiger charge is -2.13. The number of aromatic nitrogens is 3. The van der Waals surface area contributed by atoms with E-state index in [1.54, 1.807) is 0 Å². The molecule has 30 heavy (non-hydrogen) atoms. The number of halogens is 2. The van der Waals surface area contributed by atoms with Crippen molar-refractivity contribution in [2.75, 3.05) is 0 Å². The van der Waals surface area contributed by atoms with Crippen LogP contribution >= 0.6 is 55.4 Å². The smallest absolute Gasteiger partial charge is 0.199 e. The van der Waals surface area contributed by atoms with E-state index < -0.39 is 0 Å². The summed E-state index contributed by atoms with van der Waals surface area (Å²) in [6.07, 6.45) is 0. The fourth-order valence-electron chi connectivity index (χ4n) is 3.13. The van der Waals surface area contributed by atoms with Gasteiger partial charge in [-0.1, -0.05) is 56.1 Å². The molecule has 0 N–H and O–H groups in total. The van der Waals surface area contributed by atoms with Crippen LogP contribution in [0.4, 0.5) is 0 Å². The summed E-state index contributed by atoms with van der Waals surface area (Å²) < 4.78 is 1.90. The molecule has 0 saturated heterocycles. The maximum Gasteiger partial charge on any atom is 0.199 e. The molecule has 0 aliphatic rings. The molecule has 5 nitrogen and oxygen atoms in total. The molecule has 0 fully saturated rings. The molecule has 0 radical (unpaired) electrons. The third-order valence-corrected chi connectivity index (χ3v) is 6.91. The van der Waals surface area contributed by atoms with Crippen LogP contribution in [0.3, 0.4) is 0 Å². The van der Waals surface area contributed by atoms with Gasteiger partial charge in [-0.3, -0.25) is 9.59 Å². The highest BCUT2D eigenvalue weighted by molar-refractivity contribution is 9.11. The first-order valence-corrected chi connectivity index (χ1v) is 12.0. The molecule has 4 rings (SSSR count). The van der Waals surface area contributed by atoms with Crippen LogP contribution in [0.5, 0.6) is 0 Å². The van der Waals surface area contributed by atoms with Crippen molar-refractivity contribution in [2.45, 2.75) is 24.2 Å². The summed E-state index contributed by atoms with van der Waals surface area (Å²) in [6.45, 7) is 2.90. The number of thioether (sulfide) groups is 2. The lowest BCUT2D eigenvalue weighted by atomic mass is 9.96. The topological polar surface area (TPSA) is 72.8 Å². The van der Waals surface area contributed by atoms with Gasteiger partial charge in [0.1, 0.15) is 0 Å². The number of hydrogen-bond acceptors (Lipinski definition) is 7. The molecule has 3 aromatic carbocycles. The highest BCUT2D eigenvalue weighted by atomic mass is 79.9. The van der Waals surface area contributed by atoms with E-state index in [1.165, 1.54) is 13.8 Å². The van der Waals surface area contributed by atoms with Crippen molar-refractivity contribution in [3.63, 3.8) is 0 Å². The molecular weight excluding hydrogens is 550 g/mol. The van der Waals surface area contributed by atoms with Crippen LogP contribution < -0.4 is 0 Å². The Morgan fingerprint density at radius 2 is 1.20 bits per heavy atom. The Kier molecular flexibility index (Phi) is 6.24. The number of fused-ring (bicyclic) bond motifs is 2. The molecule has 0 atom stereocenters. The Labute approximate surface area is 197 Å². The number of rotatable bonds is 3. The number of benzene rings is 3. The van der Waals surface area contributed by atoms with Crippen LogP contribution in [0.1, 0.15) is 13.8 Å². The van der Waals surface area contributed by atoms with Gasteiger partial charge < -0.3 is 0 Å². The van der Waals surface area contributed by atoms with Gasteiger partial charge in [0.05, 0.1) is 0 Å². The third-order valence-electron chi connectivity index (χ3n) is 4.22. The standard InChI is InChI=1S/C21H13Br2N3O2S2/c1-10(27)29-20-24-19(25-21(26-20)30-11(2)28)18-12-5-3-7-16(22)14(12)9-15-13(18)6-4-8-17(15)23/h3-9H,1-2H3. The Bertz CT molecular complexity index is 1250. The van der Waals surface area contributed by atoms with Crippen molar-refractivity contribution in [3.8, 4) is 11.4 Å². The van der Waals surface area contributed by atoms with Crippen molar-refractivity contribution < 1.29 is 9.59 Å². The molecule has 0 saturated carbocycles. The van der Waals surface area contributed by atoms with Gasteiger partial charge in [-0.25, -0.2) is 9.97 Å². The average molecular weight is 563 g/mol. The summed E-state index contributed by atoms with van der Waals surface area (Å²) in [7, 11) is 0. The molecule has 0 bridgehead atoms. The zero-order valence-corrected chi connectivity index (χ0v) is 20.6. The fourth-order valence-corrected chi connectivity index (χ4v) is 5.19. The van der Waals surface area contributed by atoms with E-state index >= 15 is 0 Å². The summed E-state index contributed by atoms with van der Waals surface area (Å²) >= 11 is 9.13. The molecule has 4 aromatic rings.